The number of nitriles is 1. The van der Waals surface area contributed by atoms with Crippen LogP contribution in [-0.4, -0.2) is 22.4 Å². The summed E-state index contributed by atoms with van der Waals surface area (Å²) < 4.78 is 0. The van der Waals surface area contributed by atoms with Gasteiger partial charge in [-0.3, -0.25) is 9.59 Å². The third-order valence-electron chi connectivity index (χ3n) is 4.82. The number of amides is 1. The Labute approximate surface area is 166 Å². The average Bonchev–Trinajstić information content (AvgIpc) is 3.16. The Balaban J connectivity index is 1.38. The topological polar surface area (TPSA) is 102 Å². The largest absolute Gasteiger partial charge is 0.360 e. The number of nitrogens with one attached hydrogen (secondary N) is 3. The summed E-state index contributed by atoms with van der Waals surface area (Å²) in [7, 11) is 0. The van der Waals surface area contributed by atoms with Gasteiger partial charge in [-0.2, -0.15) is 5.26 Å². The highest BCUT2D eigenvalue weighted by Gasteiger charge is 2.07. The Kier molecular flexibility index (Phi) is 4.95. The number of pyridine rings is 1. The Hall–Kier alpha value is -4.11. The molecule has 0 aliphatic heterocycles. The van der Waals surface area contributed by atoms with Gasteiger partial charge in [-0.05, 0) is 53.4 Å². The first-order valence-electron chi connectivity index (χ1n) is 9.21. The molecular weight excluding hydrogens is 364 g/mol. The molecule has 2 aromatic carbocycles. The van der Waals surface area contributed by atoms with Crippen molar-refractivity contribution in [1.29, 1.82) is 5.26 Å². The zero-order chi connectivity index (χ0) is 20.2. The van der Waals surface area contributed by atoms with Crippen LogP contribution < -0.4 is 10.9 Å². The summed E-state index contributed by atoms with van der Waals surface area (Å²) in [6, 6.07) is 18.6. The van der Waals surface area contributed by atoms with Gasteiger partial charge in [0, 0.05) is 41.5 Å². The van der Waals surface area contributed by atoms with Crippen LogP contribution in [0, 0.1) is 11.3 Å². The number of carbonyl (C=O) groups is 1. The fraction of sp³-hybridized carbons (Fsp3) is 0.0870. The molecule has 0 saturated carbocycles. The van der Waals surface area contributed by atoms with Crippen molar-refractivity contribution in [2.75, 3.05) is 6.54 Å². The number of rotatable bonds is 5. The molecular formula is C23H18N4O2. The average molecular weight is 382 g/mol. The monoisotopic (exact) mass is 382 g/mol. The van der Waals surface area contributed by atoms with Crippen LogP contribution in [0.3, 0.4) is 0 Å². The molecule has 0 fully saturated rings. The highest BCUT2D eigenvalue weighted by Crippen LogP contribution is 2.20. The lowest BCUT2D eigenvalue weighted by Crippen LogP contribution is -2.25. The SMILES string of the molecule is N#Cc1c[nH]c2ccc(CCNC(=O)c3ccc(-c4cc[nH]c(=O)c4)cc3)cc12. The lowest BCUT2D eigenvalue weighted by molar-refractivity contribution is 0.0954. The lowest BCUT2D eigenvalue weighted by atomic mass is 10.0. The lowest BCUT2D eigenvalue weighted by Gasteiger charge is -2.07. The number of hydrogen-bond acceptors (Lipinski definition) is 3. The van der Waals surface area contributed by atoms with E-state index in [1.54, 1.807) is 24.5 Å². The summed E-state index contributed by atoms with van der Waals surface area (Å²) in [5.74, 6) is -0.150. The van der Waals surface area contributed by atoms with Crippen molar-refractivity contribution in [3.63, 3.8) is 0 Å². The Morgan fingerprint density at radius 1 is 1.00 bits per heavy atom. The van der Waals surface area contributed by atoms with E-state index in [9.17, 15) is 9.59 Å². The molecule has 4 aromatic rings. The number of aromatic amines is 2. The van der Waals surface area contributed by atoms with Crippen molar-refractivity contribution >= 4 is 16.8 Å². The molecule has 142 valence electrons. The number of aromatic nitrogens is 2. The van der Waals surface area contributed by atoms with Crippen molar-refractivity contribution in [3.05, 3.63) is 94.0 Å². The maximum absolute atomic E-state index is 12.4. The number of fused-ring (bicyclic) bond motifs is 1. The summed E-state index contributed by atoms with van der Waals surface area (Å²) in [5.41, 5.74) is 4.67. The molecule has 29 heavy (non-hydrogen) atoms. The number of carbonyl (C=O) groups excluding carboxylic acids is 1. The molecule has 2 heterocycles. The first-order valence-corrected chi connectivity index (χ1v) is 9.21. The Morgan fingerprint density at radius 2 is 1.83 bits per heavy atom. The first-order chi connectivity index (χ1) is 14.1. The van der Waals surface area contributed by atoms with Gasteiger partial charge < -0.3 is 15.3 Å². The van der Waals surface area contributed by atoms with Crippen molar-refractivity contribution in [3.8, 4) is 17.2 Å². The number of H-pyrrole nitrogens is 2. The fourth-order valence-corrected chi connectivity index (χ4v) is 3.28. The minimum Gasteiger partial charge on any atom is -0.360 e. The zero-order valence-electron chi connectivity index (χ0n) is 15.5. The molecule has 0 atom stereocenters. The van der Waals surface area contributed by atoms with Crippen LogP contribution in [0.1, 0.15) is 21.5 Å². The van der Waals surface area contributed by atoms with Crippen molar-refractivity contribution in [2.24, 2.45) is 0 Å². The van der Waals surface area contributed by atoms with Gasteiger partial charge in [-0.15, -0.1) is 0 Å². The van der Waals surface area contributed by atoms with E-state index in [0.29, 0.717) is 24.1 Å². The van der Waals surface area contributed by atoms with Gasteiger partial charge in [-0.1, -0.05) is 18.2 Å². The summed E-state index contributed by atoms with van der Waals surface area (Å²) in [4.78, 5) is 29.5. The molecule has 0 bridgehead atoms. The molecule has 6 nitrogen and oxygen atoms in total. The molecule has 1 amide bonds. The van der Waals surface area contributed by atoms with Crippen molar-refractivity contribution in [2.45, 2.75) is 6.42 Å². The number of benzene rings is 2. The summed E-state index contributed by atoms with van der Waals surface area (Å²) in [5, 5.41) is 13.0. The zero-order valence-corrected chi connectivity index (χ0v) is 15.5. The smallest absolute Gasteiger partial charge is 0.251 e. The van der Waals surface area contributed by atoms with Crippen LogP contribution in [-0.2, 0) is 6.42 Å². The molecule has 0 aliphatic carbocycles. The minimum absolute atomic E-state index is 0.150. The van der Waals surface area contributed by atoms with Crippen molar-refractivity contribution in [1.82, 2.24) is 15.3 Å². The number of hydrogen-bond donors (Lipinski definition) is 3. The maximum Gasteiger partial charge on any atom is 0.251 e. The van der Waals surface area contributed by atoms with Crippen LogP contribution in [0.5, 0.6) is 0 Å². The Morgan fingerprint density at radius 3 is 2.59 bits per heavy atom. The van der Waals surface area contributed by atoms with Crippen LogP contribution in [0.25, 0.3) is 22.0 Å². The van der Waals surface area contributed by atoms with Gasteiger partial charge in [0.05, 0.1) is 5.56 Å². The number of nitrogens with zero attached hydrogens (tertiary/aromatic N) is 1. The predicted molar refractivity (Wildman–Crippen MR) is 112 cm³/mol. The van der Waals surface area contributed by atoms with E-state index in [0.717, 1.165) is 27.6 Å². The predicted octanol–water partition coefficient (Wildman–Crippen LogP) is 3.37. The van der Waals surface area contributed by atoms with Crippen LogP contribution in [0.4, 0.5) is 0 Å². The van der Waals surface area contributed by atoms with E-state index >= 15 is 0 Å². The second kappa shape index (κ2) is 7.87. The third-order valence-corrected chi connectivity index (χ3v) is 4.82. The minimum atomic E-state index is -0.163. The molecule has 3 N–H and O–H groups in total. The van der Waals surface area contributed by atoms with Gasteiger partial charge in [0.15, 0.2) is 0 Å². The third kappa shape index (κ3) is 3.94. The highest BCUT2D eigenvalue weighted by atomic mass is 16.1. The van der Waals surface area contributed by atoms with Crippen LogP contribution in [0.2, 0.25) is 0 Å². The summed E-state index contributed by atoms with van der Waals surface area (Å²) in [6.45, 7) is 0.493. The highest BCUT2D eigenvalue weighted by molar-refractivity contribution is 5.94. The molecule has 0 aliphatic rings. The first kappa shape index (κ1) is 18.3. The van der Waals surface area contributed by atoms with Gasteiger partial charge in [0.25, 0.3) is 5.91 Å². The second-order valence-electron chi connectivity index (χ2n) is 6.72. The van der Waals surface area contributed by atoms with Crippen molar-refractivity contribution < 1.29 is 4.79 Å². The van der Waals surface area contributed by atoms with Gasteiger partial charge in [0.2, 0.25) is 5.56 Å². The molecule has 6 heteroatoms. The molecule has 4 rings (SSSR count). The van der Waals surface area contributed by atoms with Crippen LogP contribution in [0.15, 0.2) is 71.8 Å². The van der Waals surface area contributed by atoms with E-state index in [4.69, 9.17) is 5.26 Å². The van der Waals surface area contributed by atoms with E-state index in [2.05, 4.69) is 21.4 Å². The van der Waals surface area contributed by atoms with E-state index < -0.39 is 0 Å². The van der Waals surface area contributed by atoms with Gasteiger partial charge in [-0.25, -0.2) is 0 Å². The van der Waals surface area contributed by atoms with Gasteiger partial charge >= 0.3 is 0 Å². The standard InChI is InChI=1S/C23H18N4O2/c24-13-19-14-27-21-6-1-15(11-20(19)21)7-9-26-23(29)17-4-2-16(3-5-17)18-8-10-25-22(28)12-18/h1-6,8,10-12,14,27H,7,9H2,(H,25,28)(H,26,29). The molecule has 0 unspecified atom stereocenters. The second-order valence-corrected chi connectivity index (χ2v) is 6.72. The quantitative estimate of drug-likeness (QED) is 0.493. The molecule has 0 saturated heterocycles. The normalized spacial score (nSPS) is 10.6. The fourth-order valence-electron chi connectivity index (χ4n) is 3.28. The Bertz CT molecular complexity index is 1280. The summed E-state index contributed by atoms with van der Waals surface area (Å²) >= 11 is 0. The van der Waals surface area contributed by atoms with E-state index in [-0.39, 0.29) is 11.5 Å². The van der Waals surface area contributed by atoms with Crippen LogP contribution >= 0.6 is 0 Å². The van der Waals surface area contributed by atoms with E-state index in [1.165, 1.54) is 6.07 Å². The van der Waals surface area contributed by atoms with E-state index in [1.807, 2.05) is 36.4 Å². The van der Waals surface area contributed by atoms with Gasteiger partial charge in [0.1, 0.15) is 6.07 Å². The summed E-state index contributed by atoms with van der Waals surface area (Å²) in [6.07, 6.45) is 3.97. The molecule has 0 radical (unpaired) electrons. The molecule has 0 spiro atoms. The maximum atomic E-state index is 12.4. The molecule has 2 aromatic heterocycles.